The zero-order chi connectivity index (χ0) is 39.9. The van der Waals surface area contributed by atoms with Crippen LogP contribution in [0.5, 0.6) is 17.2 Å². The van der Waals surface area contributed by atoms with Gasteiger partial charge in [0.2, 0.25) is 12.1 Å². The number of nitrogens with one attached hydrogen (secondary N) is 2. The van der Waals surface area contributed by atoms with Crippen LogP contribution >= 0.6 is 0 Å². The van der Waals surface area contributed by atoms with Crippen molar-refractivity contribution >= 4 is 29.3 Å². The van der Waals surface area contributed by atoms with E-state index < -0.39 is 78.3 Å². The number of rotatable bonds is 11. The largest absolute Gasteiger partial charge is 0.507 e. The molecular formula is C37H42N6O12. The number of phenols is 1. The van der Waals surface area contributed by atoms with E-state index in [9.17, 15) is 44.7 Å². The molecule has 0 saturated carbocycles. The minimum Gasteiger partial charge on any atom is -0.507 e. The first kappa shape index (κ1) is 38.9. The number of hydrogen-bond acceptors (Lipinski definition) is 15. The lowest BCUT2D eigenvalue weighted by Crippen LogP contribution is -2.68. The van der Waals surface area contributed by atoms with Gasteiger partial charge < -0.3 is 61.8 Å². The molecule has 0 aromatic heterocycles. The third-order valence-electron chi connectivity index (χ3n) is 10.3. The number of phenolic OH excluding ortho intramolecular Hbond substituents is 1. The van der Waals surface area contributed by atoms with Crippen LogP contribution in [-0.2, 0) is 20.9 Å². The molecule has 55 heavy (non-hydrogen) atoms. The Bertz CT molecular complexity index is 2060. The van der Waals surface area contributed by atoms with Gasteiger partial charge in [-0.2, -0.15) is 0 Å². The van der Waals surface area contributed by atoms with Crippen LogP contribution in [0.25, 0.3) is 0 Å². The summed E-state index contributed by atoms with van der Waals surface area (Å²) in [5.74, 6) is -3.92. The van der Waals surface area contributed by atoms with Gasteiger partial charge in [0.05, 0.1) is 30.7 Å². The number of methoxy groups -OCH3 is 1. The van der Waals surface area contributed by atoms with Crippen molar-refractivity contribution in [3.05, 3.63) is 87.3 Å². The van der Waals surface area contributed by atoms with Crippen LogP contribution in [0.4, 0.5) is 0 Å². The summed E-state index contributed by atoms with van der Waals surface area (Å²) in [6.07, 6.45) is -2.62. The van der Waals surface area contributed by atoms with E-state index in [-0.39, 0.29) is 70.7 Å². The Morgan fingerprint density at radius 3 is 2.45 bits per heavy atom. The number of aliphatic hydroxyl groups excluding tert-OH is 3. The fourth-order valence-corrected chi connectivity index (χ4v) is 7.26. The molecule has 3 heterocycles. The highest BCUT2D eigenvalue weighted by atomic mass is 16.7. The number of aryl methyl sites for hydroxylation is 1. The molecule has 6 unspecified atom stereocenters. The molecule has 0 spiro atoms. The molecule has 2 aromatic rings. The first-order valence-electron chi connectivity index (χ1n) is 17.2. The number of dihydropyridines is 1. The van der Waals surface area contributed by atoms with Crippen LogP contribution in [0.3, 0.4) is 0 Å². The fraction of sp³-hybridized carbons (Fsp3) is 0.378. The number of benzene rings is 2. The second-order valence-electron chi connectivity index (χ2n) is 13.5. The summed E-state index contributed by atoms with van der Waals surface area (Å²) in [6, 6.07) is 4.03. The van der Waals surface area contributed by atoms with Crippen molar-refractivity contribution in [2.75, 3.05) is 33.9 Å². The molecule has 1 fully saturated rings. The molecule has 11 N–H and O–H groups in total. The number of amides is 2. The molecule has 2 amide bonds. The van der Waals surface area contributed by atoms with E-state index in [4.69, 9.17) is 25.7 Å². The summed E-state index contributed by atoms with van der Waals surface area (Å²) in [5, 5.41) is 62.6. The Morgan fingerprint density at radius 1 is 1.13 bits per heavy atom. The lowest BCUT2D eigenvalue weighted by molar-refractivity contribution is -0.316. The molecular weight excluding hydrogens is 720 g/mol. The fourth-order valence-electron chi connectivity index (χ4n) is 7.26. The topological polar surface area (TPSA) is 289 Å². The average molecular weight is 763 g/mol. The number of nitrogens with two attached hydrogens (primary N) is 2. The predicted molar refractivity (Wildman–Crippen MR) is 193 cm³/mol. The monoisotopic (exact) mass is 762 g/mol. The number of aliphatic imine (C=N–C) groups is 1. The van der Waals surface area contributed by atoms with Gasteiger partial charge in [-0.25, -0.2) is 0 Å². The number of fused-ring (bicyclic) bond motifs is 2. The predicted octanol–water partition coefficient (Wildman–Crippen LogP) is -1.67. The van der Waals surface area contributed by atoms with Crippen molar-refractivity contribution in [3.63, 3.8) is 0 Å². The molecule has 1 aliphatic carbocycles. The van der Waals surface area contributed by atoms with Crippen LogP contribution in [0.1, 0.15) is 49.4 Å². The summed E-state index contributed by atoms with van der Waals surface area (Å²) in [5.41, 5.74) is 9.74. The first-order chi connectivity index (χ1) is 26.1. The van der Waals surface area contributed by atoms with E-state index in [1.165, 1.54) is 38.4 Å². The Labute approximate surface area is 314 Å². The summed E-state index contributed by atoms with van der Waals surface area (Å²) in [7, 11) is 2.77. The highest BCUT2D eigenvalue weighted by molar-refractivity contribution is 6.30. The maximum Gasteiger partial charge on any atom is 0.253 e. The van der Waals surface area contributed by atoms with Gasteiger partial charge >= 0.3 is 0 Å². The number of carbonyl (C=O) groups excluding carboxylic acids is 4. The molecule has 6 rings (SSSR count). The Balaban J connectivity index is 1.33. The number of guanidine groups is 1. The van der Waals surface area contributed by atoms with Crippen molar-refractivity contribution in [2.45, 2.75) is 50.1 Å². The van der Waals surface area contributed by atoms with Crippen LogP contribution < -0.4 is 31.6 Å². The lowest BCUT2D eigenvalue weighted by atomic mass is 9.75. The lowest BCUT2D eigenvalue weighted by Gasteiger charge is -2.49. The molecule has 18 nitrogen and oxygen atoms in total. The molecule has 18 heteroatoms. The van der Waals surface area contributed by atoms with Gasteiger partial charge in [-0.1, -0.05) is 6.08 Å². The summed E-state index contributed by atoms with van der Waals surface area (Å²) < 4.78 is 17.3. The van der Waals surface area contributed by atoms with E-state index in [0.717, 1.165) is 17.1 Å². The number of ketones is 2. The number of imide groups is 1. The van der Waals surface area contributed by atoms with Crippen LogP contribution in [0, 0.1) is 12.8 Å². The van der Waals surface area contributed by atoms with Crippen molar-refractivity contribution in [1.82, 2.24) is 15.5 Å². The number of aromatic hydroxyl groups is 1. The summed E-state index contributed by atoms with van der Waals surface area (Å²) >= 11 is 0. The molecule has 0 bridgehead atoms. The van der Waals surface area contributed by atoms with E-state index >= 15 is 0 Å². The minimum absolute atomic E-state index is 0.0277. The third-order valence-corrected chi connectivity index (χ3v) is 10.3. The summed E-state index contributed by atoms with van der Waals surface area (Å²) in [6.45, 7) is 0.742. The van der Waals surface area contributed by atoms with E-state index in [2.05, 4.69) is 15.6 Å². The van der Waals surface area contributed by atoms with Gasteiger partial charge in [-0.3, -0.25) is 29.1 Å². The van der Waals surface area contributed by atoms with Gasteiger partial charge in [-0.15, -0.1) is 0 Å². The molecule has 4 aliphatic rings. The highest BCUT2D eigenvalue weighted by Crippen LogP contribution is 2.44. The van der Waals surface area contributed by atoms with Gasteiger partial charge in [0.15, 0.2) is 11.7 Å². The van der Waals surface area contributed by atoms with Crippen molar-refractivity contribution in [2.24, 2.45) is 22.4 Å². The minimum atomic E-state index is -2.41. The Hall–Kier alpha value is -5.79. The van der Waals surface area contributed by atoms with Crippen LogP contribution in [-0.4, -0.2) is 124 Å². The molecule has 1 saturated heterocycles. The number of hydrogen-bond donors (Lipinski definition) is 9. The van der Waals surface area contributed by atoms with Gasteiger partial charge in [0, 0.05) is 67.5 Å². The number of allylic oxidation sites excluding steroid dienone is 1. The van der Waals surface area contributed by atoms with Crippen molar-refractivity contribution in [1.29, 1.82) is 0 Å². The Kier molecular flexibility index (Phi) is 10.7. The van der Waals surface area contributed by atoms with Gasteiger partial charge in [-0.05, 0) is 42.7 Å². The maximum atomic E-state index is 14.2. The quantitative estimate of drug-likeness (QED) is 0.0600. The summed E-state index contributed by atoms with van der Waals surface area (Å²) in [4.78, 5) is 57.9. The number of nitrogens with zero attached hydrogens (tertiary/aromatic N) is 2. The molecule has 292 valence electrons. The molecule has 0 radical (unpaired) electrons. The third kappa shape index (κ3) is 7.01. The van der Waals surface area contributed by atoms with E-state index in [0.29, 0.717) is 11.1 Å². The first-order valence-corrected chi connectivity index (χ1v) is 17.2. The second kappa shape index (κ2) is 15.2. The van der Waals surface area contributed by atoms with E-state index in [1.54, 1.807) is 13.0 Å². The number of ether oxygens (including phenoxy) is 3. The smallest absolute Gasteiger partial charge is 0.253 e. The van der Waals surface area contributed by atoms with Gasteiger partial charge in [0.25, 0.3) is 11.8 Å². The number of aliphatic hydroxyl groups is 4. The van der Waals surface area contributed by atoms with Crippen LogP contribution in [0.15, 0.2) is 58.9 Å². The maximum absolute atomic E-state index is 14.2. The Morgan fingerprint density at radius 2 is 1.82 bits per heavy atom. The second-order valence-corrected chi connectivity index (χ2v) is 13.5. The molecule has 2 aromatic carbocycles. The van der Waals surface area contributed by atoms with Crippen molar-refractivity contribution < 1.29 is 58.9 Å². The normalized spacial score (nSPS) is 25.5. The number of carbonyl (C=O) groups is 4. The highest BCUT2D eigenvalue weighted by Gasteiger charge is 2.56. The zero-order valence-corrected chi connectivity index (χ0v) is 30.1. The van der Waals surface area contributed by atoms with Gasteiger partial charge in [0.1, 0.15) is 41.2 Å². The standard InChI is InChI=1S/C37H42N6O12/c1-16-8-20-29(31(48)22(16)13-42-36(39)40-2)32(49)28-21(30(20)47)10-19(53-3)11-23(28)54-35-33(50)34(51)37(52,24(15-44)55-35)12-18(17-6-7-41-25(38)9-17)14-43-26(45)4-5-27(43)46/h4-6,8-11,18,24,33-35,41,44,48,50-52H,7,12-15,38H2,1-3H3,(H3,39,40,42). The average Bonchev–Trinajstić information content (AvgIpc) is 3.48. The van der Waals surface area contributed by atoms with Crippen LogP contribution in [0.2, 0.25) is 0 Å². The molecule has 6 atom stereocenters. The van der Waals surface area contributed by atoms with E-state index in [1.807, 2.05) is 0 Å². The van der Waals surface area contributed by atoms with Crippen molar-refractivity contribution in [3.8, 4) is 17.2 Å². The SMILES string of the molecule is CN=C(N)NCc1c(C)cc2c(c1O)C(=O)c1c(OC3OC(CO)C(O)(CC(CN4C(=O)C=CC4=O)C4=CCNC(N)=C4)C(O)C3O)cc(OC)cc1C2=O. The molecule has 3 aliphatic heterocycles. The zero-order valence-electron chi connectivity index (χ0n) is 30.1.